The van der Waals surface area contributed by atoms with Gasteiger partial charge in [0, 0.05) is 19.9 Å². The second-order valence-electron chi connectivity index (χ2n) is 2.42. The van der Waals surface area contributed by atoms with Crippen LogP contribution in [-0.2, 0) is 11.8 Å². The monoisotopic (exact) mass is 171 g/mol. The van der Waals surface area contributed by atoms with E-state index in [0.29, 0.717) is 0 Å². The van der Waals surface area contributed by atoms with Gasteiger partial charge in [-0.2, -0.15) is 0 Å². The van der Waals surface area contributed by atoms with Crippen molar-refractivity contribution < 1.29 is 8.75 Å². The highest BCUT2D eigenvalue weighted by Crippen LogP contribution is 2.12. The van der Waals surface area contributed by atoms with Gasteiger partial charge >= 0.3 is 0 Å². The fraction of sp³-hybridized carbons (Fsp3) is 0.429. The summed E-state index contributed by atoms with van der Waals surface area (Å²) in [5, 5.41) is 3.63. The number of amides is 1. The van der Waals surface area contributed by atoms with Gasteiger partial charge in [-0.3, -0.25) is 4.79 Å². The minimum atomic E-state index is -0.0214. The fourth-order valence-corrected chi connectivity index (χ4v) is 1.66. The normalized spacial score (nSPS) is 9.73. The Morgan fingerprint density at radius 3 is 2.73 bits per heavy atom. The quantitative estimate of drug-likeness (QED) is 0.624. The molecule has 0 atom stereocenters. The molecule has 0 bridgehead atoms. The van der Waals surface area contributed by atoms with Crippen molar-refractivity contribution in [2.45, 2.75) is 13.8 Å². The minimum Gasteiger partial charge on any atom is -0.313 e. The molecule has 3 nitrogen and oxygen atoms in total. The topological polar surface area (TPSA) is 33.0 Å². The van der Waals surface area contributed by atoms with E-state index in [1.807, 2.05) is 24.0 Å². The first kappa shape index (κ1) is 8.20. The maximum atomic E-state index is 10.6. The molecule has 1 aromatic heterocycles. The molecular formula is C7H11N2OS+. The molecule has 4 heteroatoms. The standard InChI is InChI=1S/C7H10N2OS/c1-5-4-7(8-6(2)10)11-9(5)3/h4H,1-3H3/p+1. The van der Waals surface area contributed by atoms with Crippen molar-refractivity contribution in [2.75, 3.05) is 5.32 Å². The SMILES string of the molecule is CC(=O)Nc1cc(C)[n+](C)s1. The summed E-state index contributed by atoms with van der Waals surface area (Å²) < 4.78 is 2.01. The summed E-state index contributed by atoms with van der Waals surface area (Å²) >= 11 is 1.53. The number of anilines is 1. The Labute approximate surface area is 69.8 Å². The Morgan fingerprint density at radius 1 is 1.73 bits per heavy atom. The van der Waals surface area contributed by atoms with E-state index in [4.69, 9.17) is 0 Å². The van der Waals surface area contributed by atoms with E-state index < -0.39 is 0 Å². The first-order valence-electron chi connectivity index (χ1n) is 3.34. The van der Waals surface area contributed by atoms with Crippen molar-refractivity contribution in [3.63, 3.8) is 0 Å². The summed E-state index contributed by atoms with van der Waals surface area (Å²) in [7, 11) is 1.96. The Balaban J connectivity index is 2.81. The Kier molecular flexibility index (Phi) is 2.24. The smallest absolute Gasteiger partial charge is 0.222 e. The molecule has 0 aliphatic rings. The van der Waals surface area contributed by atoms with Crippen LogP contribution in [0, 0.1) is 6.92 Å². The van der Waals surface area contributed by atoms with Crippen LogP contribution in [0.1, 0.15) is 12.6 Å². The molecule has 0 fully saturated rings. The van der Waals surface area contributed by atoms with E-state index in [1.54, 1.807) is 0 Å². The van der Waals surface area contributed by atoms with Gasteiger partial charge in [-0.1, -0.05) is 0 Å². The molecule has 1 heterocycles. The molecule has 0 unspecified atom stereocenters. The second kappa shape index (κ2) is 3.00. The summed E-state index contributed by atoms with van der Waals surface area (Å²) in [5.74, 6) is -0.0214. The highest BCUT2D eigenvalue weighted by Gasteiger charge is 2.09. The van der Waals surface area contributed by atoms with Gasteiger partial charge in [0.05, 0.1) is 0 Å². The summed E-state index contributed by atoms with van der Waals surface area (Å²) in [6.07, 6.45) is 0. The van der Waals surface area contributed by atoms with E-state index in [1.165, 1.54) is 18.5 Å². The highest BCUT2D eigenvalue weighted by atomic mass is 32.1. The molecule has 1 aromatic rings. The van der Waals surface area contributed by atoms with E-state index >= 15 is 0 Å². The van der Waals surface area contributed by atoms with Crippen LogP contribution in [0.2, 0.25) is 0 Å². The number of hydrogen-bond acceptors (Lipinski definition) is 2. The van der Waals surface area contributed by atoms with Crippen LogP contribution in [0.25, 0.3) is 0 Å². The first-order valence-corrected chi connectivity index (χ1v) is 4.11. The average Bonchev–Trinajstić information content (AvgIpc) is 2.10. The summed E-state index contributed by atoms with van der Waals surface area (Å²) in [6, 6.07) is 1.95. The number of hydrogen-bond donors (Lipinski definition) is 1. The molecule has 60 valence electrons. The van der Waals surface area contributed by atoms with Gasteiger partial charge in [-0.15, -0.1) is 3.96 Å². The highest BCUT2D eigenvalue weighted by molar-refractivity contribution is 7.06. The van der Waals surface area contributed by atoms with Crippen LogP contribution in [0.5, 0.6) is 0 Å². The van der Waals surface area contributed by atoms with Gasteiger partial charge in [0.25, 0.3) is 0 Å². The van der Waals surface area contributed by atoms with Gasteiger partial charge in [0.2, 0.25) is 5.91 Å². The van der Waals surface area contributed by atoms with Gasteiger partial charge in [-0.05, 0) is 0 Å². The predicted octanol–water partition coefficient (Wildman–Crippen LogP) is 0.839. The van der Waals surface area contributed by atoms with Crippen molar-refractivity contribution in [3.8, 4) is 0 Å². The third kappa shape index (κ3) is 2.01. The number of aryl methyl sites for hydroxylation is 2. The molecule has 1 rings (SSSR count). The van der Waals surface area contributed by atoms with Crippen LogP contribution in [0.3, 0.4) is 0 Å². The third-order valence-corrected chi connectivity index (χ3v) is 2.35. The van der Waals surface area contributed by atoms with E-state index in [-0.39, 0.29) is 5.91 Å². The molecule has 0 aliphatic carbocycles. The molecule has 1 amide bonds. The van der Waals surface area contributed by atoms with Crippen molar-refractivity contribution >= 4 is 22.4 Å². The molecule has 11 heavy (non-hydrogen) atoms. The van der Waals surface area contributed by atoms with Gasteiger partial charge in [0.15, 0.2) is 29.3 Å². The number of carbonyl (C=O) groups excluding carboxylic acids is 1. The maximum Gasteiger partial charge on any atom is 0.222 e. The maximum absolute atomic E-state index is 10.6. The molecule has 1 N–H and O–H groups in total. The molecule has 0 aromatic carbocycles. The molecule has 0 aliphatic heterocycles. The number of nitrogens with zero attached hydrogens (tertiary/aromatic N) is 1. The average molecular weight is 171 g/mol. The van der Waals surface area contributed by atoms with Crippen LogP contribution >= 0.6 is 11.5 Å². The van der Waals surface area contributed by atoms with Crippen molar-refractivity contribution in [3.05, 3.63) is 11.8 Å². The first-order chi connectivity index (χ1) is 5.09. The number of nitrogens with one attached hydrogen (secondary N) is 1. The van der Waals surface area contributed by atoms with E-state index in [2.05, 4.69) is 5.32 Å². The van der Waals surface area contributed by atoms with Crippen molar-refractivity contribution in [2.24, 2.45) is 7.05 Å². The molecular weight excluding hydrogens is 160 g/mol. The van der Waals surface area contributed by atoms with Crippen molar-refractivity contribution in [1.82, 2.24) is 0 Å². The zero-order valence-electron chi connectivity index (χ0n) is 6.84. The van der Waals surface area contributed by atoms with Crippen LogP contribution in [0.15, 0.2) is 6.07 Å². The Morgan fingerprint density at radius 2 is 2.36 bits per heavy atom. The predicted molar refractivity (Wildman–Crippen MR) is 44.5 cm³/mol. The fourth-order valence-electron chi connectivity index (χ4n) is 0.759. The summed E-state index contributed by atoms with van der Waals surface area (Å²) in [5.41, 5.74) is 1.15. The zero-order valence-corrected chi connectivity index (χ0v) is 7.66. The van der Waals surface area contributed by atoms with Gasteiger partial charge < -0.3 is 5.32 Å². The van der Waals surface area contributed by atoms with Crippen molar-refractivity contribution in [1.29, 1.82) is 0 Å². The lowest BCUT2D eigenvalue weighted by Gasteiger charge is -1.89. The van der Waals surface area contributed by atoms with Crippen LogP contribution in [0.4, 0.5) is 5.00 Å². The second-order valence-corrected chi connectivity index (χ2v) is 3.59. The summed E-state index contributed by atoms with van der Waals surface area (Å²) in [6.45, 7) is 3.51. The Hall–Kier alpha value is -0.900. The minimum absolute atomic E-state index is 0.0214. The Bertz CT molecular complexity index is 260. The summed E-state index contributed by atoms with van der Waals surface area (Å²) in [4.78, 5) is 10.6. The van der Waals surface area contributed by atoms with E-state index in [9.17, 15) is 4.79 Å². The lowest BCUT2D eigenvalue weighted by molar-refractivity contribution is -0.607. The van der Waals surface area contributed by atoms with Crippen LogP contribution < -0.4 is 9.27 Å². The van der Waals surface area contributed by atoms with Gasteiger partial charge in [0.1, 0.15) is 0 Å². The lowest BCUT2D eigenvalue weighted by Crippen LogP contribution is -2.24. The zero-order chi connectivity index (χ0) is 8.43. The number of aromatic nitrogens is 1. The molecule has 0 saturated heterocycles. The number of rotatable bonds is 1. The lowest BCUT2D eigenvalue weighted by atomic mass is 10.5. The van der Waals surface area contributed by atoms with Crippen LogP contribution in [-0.4, -0.2) is 5.91 Å². The molecule has 0 radical (unpaired) electrons. The third-order valence-electron chi connectivity index (χ3n) is 1.37. The number of carbonyl (C=O) groups is 1. The molecule has 0 saturated carbocycles. The molecule has 0 spiro atoms. The van der Waals surface area contributed by atoms with E-state index in [0.717, 1.165) is 10.7 Å². The van der Waals surface area contributed by atoms with Gasteiger partial charge in [-0.25, -0.2) is 0 Å². The largest absolute Gasteiger partial charge is 0.313 e.